The van der Waals surface area contributed by atoms with Crippen molar-refractivity contribution in [3.63, 3.8) is 0 Å². The molecule has 2 heterocycles. The van der Waals surface area contributed by atoms with E-state index < -0.39 is 5.97 Å². The van der Waals surface area contributed by atoms with Gasteiger partial charge in [-0.05, 0) is 43.0 Å². The summed E-state index contributed by atoms with van der Waals surface area (Å²) >= 11 is 0. The lowest BCUT2D eigenvalue weighted by Gasteiger charge is -2.37. The minimum atomic E-state index is -0.708. The molecule has 1 aliphatic heterocycles. The molecule has 1 fully saturated rings. The third-order valence-electron chi connectivity index (χ3n) is 4.40. The monoisotopic (exact) mass is 284 g/mol. The van der Waals surface area contributed by atoms with Crippen LogP contribution in [0.5, 0.6) is 0 Å². The van der Waals surface area contributed by atoms with Crippen molar-refractivity contribution in [1.29, 1.82) is 0 Å². The maximum atomic E-state index is 11.6. The summed E-state index contributed by atoms with van der Waals surface area (Å²) in [7, 11) is 0. The molecule has 2 unspecified atom stereocenters. The molecule has 1 aliphatic rings. The van der Waals surface area contributed by atoms with E-state index in [0.717, 1.165) is 35.9 Å². The van der Waals surface area contributed by atoms with E-state index in [0.29, 0.717) is 6.54 Å². The van der Waals surface area contributed by atoms with Crippen LogP contribution in [0.1, 0.15) is 25.3 Å². The molecule has 1 aromatic heterocycles. The minimum absolute atomic E-state index is 0.198. The molecule has 4 nitrogen and oxygen atoms in total. The number of para-hydroxylation sites is 1. The van der Waals surface area contributed by atoms with Crippen molar-refractivity contribution in [2.24, 2.45) is 5.92 Å². The maximum absolute atomic E-state index is 11.6. The number of hydrogen-bond acceptors (Lipinski definition) is 3. The Bertz CT molecular complexity index is 651. The fourth-order valence-corrected chi connectivity index (χ4v) is 3.36. The maximum Gasteiger partial charge on any atom is 0.321 e. The first kappa shape index (κ1) is 14.0. The number of carboxylic acid groups (broad SMARTS) is 1. The molecule has 0 amide bonds. The average molecular weight is 284 g/mol. The molecule has 3 rings (SSSR count). The molecule has 0 aliphatic carbocycles. The Kier molecular flexibility index (Phi) is 3.88. The standard InChI is InChI=1S/C17H20N2O2/c1-12-5-4-10-19(16(12)17(20)21)11-13-8-9-18-15-7-3-2-6-14(13)15/h2-3,6-9,12,16H,4-5,10-11H2,1H3,(H,20,21). The van der Waals surface area contributed by atoms with E-state index in [1.54, 1.807) is 6.20 Å². The Labute approximate surface area is 124 Å². The van der Waals surface area contributed by atoms with Gasteiger partial charge >= 0.3 is 5.97 Å². The second-order valence-electron chi connectivity index (χ2n) is 5.86. The summed E-state index contributed by atoms with van der Waals surface area (Å²) in [5.41, 5.74) is 2.12. The van der Waals surface area contributed by atoms with Crippen LogP contribution < -0.4 is 0 Å². The zero-order valence-corrected chi connectivity index (χ0v) is 12.2. The highest BCUT2D eigenvalue weighted by Crippen LogP contribution is 2.27. The zero-order chi connectivity index (χ0) is 14.8. The fourth-order valence-electron chi connectivity index (χ4n) is 3.36. The molecule has 4 heteroatoms. The van der Waals surface area contributed by atoms with E-state index in [4.69, 9.17) is 0 Å². The van der Waals surface area contributed by atoms with E-state index in [1.165, 1.54) is 0 Å². The largest absolute Gasteiger partial charge is 0.480 e. The van der Waals surface area contributed by atoms with Crippen molar-refractivity contribution in [3.8, 4) is 0 Å². The van der Waals surface area contributed by atoms with Gasteiger partial charge in [-0.15, -0.1) is 0 Å². The number of likely N-dealkylation sites (tertiary alicyclic amines) is 1. The van der Waals surface area contributed by atoms with Crippen LogP contribution >= 0.6 is 0 Å². The van der Waals surface area contributed by atoms with Crippen LogP contribution in [-0.2, 0) is 11.3 Å². The number of carboxylic acids is 1. The SMILES string of the molecule is CC1CCCN(Cc2ccnc3ccccc23)C1C(=O)O. The topological polar surface area (TPSA) is 53.4 Å². The van der Waals surface area contributed by atoms with Gasteiger partial charge < -0.3 is 5.11 Å². The number of aliphatic carboxylic acids is 1. The number of benzene rings is 1. The molecule has 110 valence electrons. The normalized spacial score (nSPS) is 23.3. The zero-order valence-electron chi connectivity index (χ0n) is 12.2. The van der Waals surface area contributed by atoms with Crippen LogP contribution in [0.25, 0.3) is 10.9 Å². The molecule has 1 N–H and O–H groups in total. The van der Waals surface area contributed by atoms with E-state index in [2.05, 4.69) is 16.0 Å². The predicted molar refractivity (Wildman–Crippen MR) is 82.0 cm³/mol. The predicted octanol–water partition coefficient (Wildman–Crippen LogP) is 2.92. The summed E-state index contributed by atoms with van der Waals surface area (Å²) in [6, 6.07) is 9.64. The molecule has 0 radical (unpaired) electrons. The first-order valence-corrected chi connectivity index (χ1v) is 7.46. The van der Waals surface area contributed by atoms with Crippen molar-refractivity contribution in [2.75, 3.05) is 6.54 Å². The molecule has 0 bridgehead atoms. The molecule has 1 aromatic carbocycles. The summed E-state index contributed by atoms with van der Waals surface area (Å²) in [5, 5.41) is 10.6. The van der Waals surface area contributed by atoms with Crippen LogP contribution in [0.3, 0.4) is 0 Å². The molecule has 2 atom stereocenters. The lowest BCUT2D eigenvalue weighted by Crippen LogP contribution is -2.48. The number of rotatable bonds is 3. The number of hydrogen-bond donors (Lipinski definition) is 1. The molecule has 0 saturated carbocycles. The van der Waals surface area contributed by atoms with Crippen LogP contribution in [0.15, 0.2) is 36.5 Å². The van der Waals surface area contributed by atoms with Gasteiger partial charge in [-0.25, -0.2) is 0 Å². The molecule has 0 spiro atoms. The number of pyridine rings is 1. The lowest BCUT2D eigenvalue weighted by atomic mass is 9.90. The molecule has 1 saturated heterocycles. The fraction of sp³-hybridized carbons (Fsp3) is 0.412. The van der Waals surface area contributed by atoms with Gasteiger partial charge in [0.1, 0.15) is 6.04 Å². The van der Waals surface area contributed by atoms with Gasteiger partial charge in [0.05, 0.1) is 5.52 Å². The van der Waals surface area contributed by atoms with E-state index in [1.807, 2.05) is 31.2 Å². The molecular weight excluding hydrogens is 264 g/mol. The van der Waals surface area contributed by atoms with Gasteiger partial charge in [-0.2, -0.15) is 0 Å². The Morgan fingerprint density at radius 3 is 3.00 bits per heavy atom. The highest BCUT2D eigenvalue weighted by Gasteiger charge is 2.34. The van der Waals surface area contributed by atoms with Gasteiger partial charge in [-0.1, -0.05) is 25.1 Å². The van der Waals surface area contributed by atoms with Gasteiger partial charge in [0.15, 0.2) is 0 Å². The van der Waals surface area contributed by atoms with Gasteiger partial charge in [0.25, 0.3) is 0 Å². The first-order chi connectivity index (χ1) is 10.2. The number of fused-ring (bicyclic) bond motifs is 1. The highest BCUT2D eigenvalue weighted by molar-refractivity contribution is 5.82. The van der Waals surface area contributed by atoms with Crippen LogP contribution in [-0.4, -0.2) is 33.5 Å². The molecule has 2 aromatic rings. The van der Waals surface area contributed by atoms with Crippen molar-refractivity contribution < 1.29 is 9.90 Å². The van der Waals surface area contributed by atoms with Gasteiger partial charge in [-0.3, -0.25) is 14.7 Å². The Hall–Kier alpha value is -1.94. The summed E-state index contributed by atoms with van der Waals surface area (Å²) in [4.78, 5) is 18.0. The van der Waals surface area contributed by atoms with Crippen molar-refractivity contribution in [2.45, 2.75) is 32.4 Å². The van der Waals surface area contributed by atoms with Gasteiger partial charge in [0, 0.05) is 18.1 Å². The average Bonchev–Trinajstić information content (AvgIpc) is 2.47. The lowest BCUT2D eigenvalue weighted by molar-refractivity contribution is -0.147. The molecular formula is C17H20N2O2. The van der Waals surface area contributed by atoms with Crippen LogP contribution in [0.2, 0.25) is 0 Å². The smallest absolute Gasteiger partial charge is 0.321 e. The summed E-state index contributed by atoms with van der Waals surface area (Å²) in [5.74, 6) is -0.509. The second-order valence-corrected chi connectivity index (χ2v) is 5.86. The van der Waals surface area contributed by atoms with Crippen molar-refractivity contribution in [1.82, 2.24) is 9.88 Å². The summed E-state index contributed by atoms with van der Waals surface area (Å²) in [6.45, 7) is 3.55. The highest BCUT2D eigenvalue weighted by atomic mass is 16.4. The van der Waals surface area contributed by atoms with Crippen LogP contribution in [0.4, 0.5) is 0 Å². The number of piperidine rings is 1. The molecule has 21 heavy (non-hydrogen) atoms. The minimum Gasteiger partial charge on any atom is -0.480 e. The Balaban J connectivity index is 1.92. The van der Waals surface area contributed by atoms with E-state index in [-0.39, 0.29) is 12.0 Å². The summed E-state index contributed by atoms with van der Waals surface area (Å²) < 4.78 is 0. The summed E-state index contributed by atoms with van der Waals surface area (Å²) in [6.07, 6.45) is 3.86. The van der Waals surface area contributed by atoms with Gasteiger partial charge in [0.2, 0.25) is 0 Å². The van der Waals surface area contributed by atoms with Crippen molar-refractivity contribution >= 4 is 16.9 Å². The Morgan fingerprint density at radius 1 is 1.38 bits per heavy atom. The number of carbonyl (C=O) groups is 1. The van der Waals surface area contributed by atoms with Crippen molar-refractivity contribution in [3.05, 3.63) is 42.1 Å². The quantitative estimate of drug-likeness (QED) is 0.941. The first-order valence-electron chi connectivity index (χ1n) is 7.46. The Morgan fingerprint density at radius 2 is 2.19 bits per heavy atom. The van der Waals surface area contributed by atoms with Crippen LogP contribution in [0, 0.1) is 5.92 Å². The second kappa shape index (κ2) is 5.82. The third-order valence-corrected chi connectivity index (χ3v) is 4.40. The van der Waals surface area contributed by atoms with E-state index in [9.17, 15) is 9.90 Å². The number of aromatic nitrogens is 1. The number of nitrogens with zero attached hydrogens (tertiary/aromatic N) is 2. The van der Waals surface area contributed by atoms with E-state index >= 15 is 0 Å². The third kappa shape index (κ3) is 2.76.